The second-order valence-electron chi connectivity index (χ2n) is 6.76. The van der Waals surface area contributed by atoms with Gasteiger partial charge in [-0.25, -0.2) is 17.8 Å². The van der Waals surface area contributed by atoms with E-state index in [1.165, 1.54) is 18.3 Å². The van der Waals surface area contributed by atoms with Gasteiger partial charge in [0.25, 0.3) is 10.0 Å². The highest BCUT2D eigenvalue weighted by Gasteiger charge is 2.26. The topological polar surface area (TPSA) is 74.3 Å². The van der Waals surface area contributed by atoms with Crippen LogP contribution in [-0.2, 0) is 10.0 Å². The van der Waals surface area contributed by atoms with Gasteiger partial charge in [-0.3, -0.25) is 4.72 Å². The van der Waals surface area contributed by atoms with Gasteiger partial charge < -0.3 is 10.2 Å². The molecule has 1 heterocycles. The number of halogens is 1. The highest BCUT2D eigenvalue weighted by Crippen LogP contribution is 2.28. The quantitative estimate of drug-likeness (QED) is 0.714. The van der Waals surface area contributed by atoms with Crippen LogP contribution in [0.5, 0.6) is 0 Å². The van der Waals surface area contributed by atoms with Crippen molar-refractivity contribution in [2.24, 2.45) is 0 Å². The first-order chi connectivity index (χ1) is 12.8. The number of likely N-dealkylation sites (N-methyl/N-ethyl adjacent to an activating group) is 1. The van der Waals surface area contributed by atoms with Crippen molar-refractivity contribution < 1.29 is 12.8 Å². The maximum Gasteiger partial charge on any atom is 0.266 e. The van der Waals surface area contributed by atoms with Crippen LogP contribution < -0.4 is 10.0 Å². The van der Waals surface area contributed by atoms with E-state index in [1.807, 2.05) is 14.1 Å². The number of hydrogen-bond acceptors (Lipinski definition) is 6. The van der Waals surface area contributed by atoms with E-state index in [0.29, 0.717) is 11.3 Å². The molecule has 0 amide bonds. The molecule has 146 valence electrons. The normalized spacial score (nSPS) is 20.0. The molecule has 0 fully saturated rings. The standard InChI is InChI=1S/C18H23FN4O2S2/c1-12-10-17(27(24,25)22-18-20-8-9-26-18)13(19)11-15(12)21-14-6-4-5-7-16(14)23(2)3/h4-5,8-11,14,16,21H,6-7H2,1-3H3,(H,20,22)/t14-,16-/m0/s1. The van der Waals surface area contributed by atoms with Crippen LogP contribution in [-0.4, -0.2) is 44.5 Å². The van der Waals surface area contributed by atoms with Gasteiger partial charge in [-0.15, -0.1) is 11.3 Å². The van der Waals surface area contributed by atoms with Crippen LogP contribution in [0.15, 0.2) is 40.8 Å². The molecule has 0 bridgehead atoms. The molecule has 1 aliphatic carbocycles. The zero-order valence-corrected chi connectivity index (χ0v) is 17.1. The van der Waals surface area contributed by atoms with Gasteiger partial charge in [0.1, 0.15) is 10.7 Å². The number of rotatable bonds is 6. The van der Waals surface area contributed by atoms with E-state index in [4.69, 9.17) is 0 Å². The van der Waals surface area contributed by atoms with Crippen LogP contribution in [0.3, 0.4) is 0 Å². The van der Waals surface area contributed by atoms with E-state index in [9.17, 15) is 12.8 Å². The minimum Gasteiger partial charge on any atom is -0.380 e. The Labute approximate surface area is 163 Å². The summed E-state index contributed by atoms with van der Waals surface area (Å²) in [5.74, 6) is -0.792. The van der Waals surface area contributed by atoms with Crippen LogP contribution >= 0.6 is 11.3 Å². The summed E-state index contributed by atoms with van der Waals surface area (Å²) in [4.78, 5) is 5.64. The molecule has 2 atom stereocenters. The van der Waals surface area contributed by atoms with Gasteiger partial charge >= 0.3 is 0 Å². The van der Waals surface area contributed by atoms with Crippen molar-refractivity contribution in [3.05, 3.63) is 47.2 Å². The molecule has 2 aromatic rings. The zero-order valence-electron chi connectivity index (χ0n) is 15.4. The van der Waals surface area contributed by atoms with Gasteiger partial charge in [0, 0.05) is 29.3 Å². The van der Waals surface area contributed by atoms with Crippen LogP contribution in [0.1, 0.15) is 18.4 Å². The van der Waals surface area contributed by atoms with Crippen molar-refractivity contribution in [1.82, 2.24) is 9.88 Å². The van der Waals surface area contributed by atoms with Crippen molar-refractivity contribution in [2.45, 2.75) is 36.7 Å². The number of anilines is 2. The summed E-state index contributed by atoms with van der Waals surface area (Å²) in [6, 6.07) is 3.03. The van der Waals surface area contributed by atoms with E-state index >= 15 is 0 Å². The largest absolute Gasteiger partial charge is 0.380 e. The highest BCUT2D eigenvalue weighted by atomic mass is 32.2. The summed E-state index contributed by atoms with van der Waals surface area (Å²) in [6.07, 6.45) is 7.49. The summed E-state index contributed by atoms with van der Waals surface area (Å²) in [5, 5.41) is 5.24. The monoisotopic (exact) mass is 410 g/mol. The number of aryl methyl sites for hydroxylation is 1. The van der Waals surface area contributed by atoms with Crippen molar-refractivity contribution in [2.75, 3.05) is 24.1 Å². The third kappa shape index (κ3) is 4.48. The molecule has 2 N–H and O–H groups in total. The maximum absolute atomic E-state index is 14.7. The van der Waals surface area contributed by atoms with E-state index in [2.05, 4.69) is 32.1 Å². The molecule has 1 aliphatic rings. The minimum atomic E-state index is -4.03. The summed E-state index contributed by atoms with van der Waals surface area (Å²) in [7, 11) is 0.00476. The lowest BCUT2D eigenvalue weighted by Gasteiger charge is -2.35. The molecule has 1 aromatic carbocycles. The van der Waals surface area contributed by atoms with E-state index in [0.717, 1.165) is 24.2 Å². The van der Waals surface area contributed by atoms with Crippen molar-refractivity contribution >= 4 is 32.2 Å². The molecule has 1 aromatic heterocycles. The average molecular weight is 411 g/mol. The molecule has 0 aliphatic heterocycles. The third-order valence-electron chi connectivity index (χ3n) is 4.63. The lowest BCUT2D eigenvalue weighted by atomic mass is 9.94. The first kappa shape index (κ1) is 19.8. The first-order valence-electron chi connectivity index (χ1n) is 8.58. The Morgan fingerprint density at radius 1 is 1.26 bits per heavy atom. The molecule has 0 spiro atoms. The molecule has 27 heavy (non-hydrogen) atoms. The Kier molecular flexibility index (Phi) is 5.83. The maximum atomic E-state index is 14.7. The Morgan fingerprint density at radius 2 is 2.00 bits per heavy atom. The van der Waals surface area contributed by atoms with Gasteiger partial charge in [0.2, 0.25) is 0 Å². The van der Waals surface area contributed by atoms with E-state index in [1.54, 1.807) is 12.3 Å². The van der Waals surface area contributed by atoms with Crippen molar-refractivity contribution in [3.8, 4) is 0 Å². The summed E-state index contributed by atoms with van der Waals surface area (Å²) < 4.78 is 42.0. The molecule has 0 unspecified atom stereocenters. The first-order valence-corrected chi connectivity index (χ1v) is 10.9. The number of benzene rings is 1. The molecule has 6 nitrogen and oxygen atoms in total. The lowest BCUT2D eigenvalue weighted by molar-refractivity contribution is 0.258. The number of sulfonamides is 1. The predicted octanol–water partition coefficient (Wildman–Crippen LogP) is 3.45. The third-order valence-corrected chi connectivity index (χ3v) is 6.80. The van der Waals surface area contributed by atoms with Crippen molar-refractivity contribution in [1.29, 1.82) is 0 Å². The Balaban J connectivity index is 1.85. The number of nitrogens with zero attached hydrogens (tertiary/aromatic N) is 2. The summed E-state index contributed by atoms with van der Waals surface area (Å²) >= 11 is 1.14. The fourth-order valence-electron chi connectivity index (χ4n) is 3.19. The SMILES string of the molecule is Cc1cc(S(=O)(=O)Nc2nccs2)c(F)cc1N[C@H]1CC=CC[C@@H]1N(C)C. The number of nitrogens with one attached hydrogen (secondary N) is 2. The van der Waals surface area contributed by atoms with Gasteiger partial charge in [0.05, 0.1) is 0 Å². The van der Waals surface area contributed by atoms with E-state index in [-0.39, 0.29) is 22.1 Å². The van der Waals surface area contributed by atoms with Crippen LogP contribution in [0.2, 0.25) is 0 Å². The Hall–Kier alpha value is -1.97. The molecule has 9 heteroatoms. The second-order valence-corrected chi connectivity index (χ2v) is 9.31. The van der Waals surface area contributed by atoms with Crippen LogP contribution in [0.4, 0.5) is 15.2 Å². The number of aromatic nitrogens is 1. The molecular weight excluding hydrogens is 387 g/mol. The number of hydrogen-bond donors (Lipinski definition) is 2. The fraction of sp³-hybridized carbons (Fsp3) is 0.389. The molecule has 0 saturated carbocycles. The second kappa shape index (κ2) is 7.95. The van der Waals surface area contributed by atoms with Gasteiger partial charge in [-0.2, -0.15) is 0 Å². The average Bonchev–Trinajstić information content (AvgIpc) is 3.10. The Morgan fingerprint density at radius 3 is 2.67 bits per heavy atom. The smallest absolute Gasteiger partial charge is 0.266 e. The fourth-order valence-corrected chi connectivity index (χ4v) is 5.12. The molecule has 3 rings (SSSR count). The van der Waals surface area contributed by atoms with Crippen LogP contribution in [0.25, 0.3) is 0 Å². The zero-order chi connectivity index (χ0) is 19.6. The summed E-state index contributed by atoms with van der Waals surface area (Å²) in [6.45, 7) is 1.77. The predicted molar refractivity (Wildman–Crippen MR) is 107 cm³/mol. The minimum absolute atomic E-state index is 0.124. The van der Waals surface area contributed by atoms with Crippen LogP contribution in [0, 0.1) is 12.7 Å². The van der Waals surface area contributed by atoms with E-state index < -0.39 is 15.8 Å². The molecule has 0 radical (unpaired) electrons. The Bertz CT molecular complexity index is 927. The molecule has 0 saturated heterocycles. The van der Waals surface area contributed by atoms with Gasteiger partial charge in [-0.05, 0) is 51.6 Å². The van der Waals surface area contributed by atoms with Gasteiger partial charge in [0.15, 0.2) is 5.13 Å². The summed E-state index contributed by atoms with van der Waals surface area (Å²) in [5.41, 5.74) is 1.27. The number of thiazole rings is 1. The lowest BCUT2D eigenvalue weighted by Crippen LogP contribution is -2.44. The highest BCUT2D eigenvalue weighted by molar-refractivity contribution is 7.93. The van der Waals surface area contributed by atoms with Gasteiger partial charge in [-0.1, -0.05) is 12.2 Å². The molecular formula is C18H23FN4O2S2. The van der Waals surface area contributed by atoms with Crippen molar-refractivity contribution in [3.63, 3.8) is 0 Å².